The first-order chi connectivity index (χ1) is 13.8. The van der Waals surface area contributed by atoms with E-state index < -0.39 is 0 Å². The summed E-state index contributed by atoms with van der Waals surface area (Å²) in [5.41, 5.74) is 2.30. The number of carbonyl (C=O) groups excluding carboxylic acids is 1. The summed E-state index contributed by atoms with van der Waals surface area (Å²) >= 11 is 1.77. The van der Waals surface area contributed by atoms with Gasteiger partial charge in [-0.15, -0.1) is 16.4 Å². The van der Waals surface area contributed by atoms with Crippen LogP contribution in [0.5, 0.6) is 0 Å². The zero-order valence-electron chi connectivity index (χ0n) is 15.2. The predicted molar refractivity (Wildman–Crippen MR) is 109 cm³/mol. The van der Waals surface area contributed by atoms with Crippen molar-refractivity contribution in [1.82, 2.24) is 24.9 Å². The largest absolute Gasteiger partial charge is 0.337 e. The second kappa shape index (κ2) is 7.16. The molecule has 1 aliphatic rings. The number of hydrogen-bond donors (Lipinski definition) is 0. The smallest absolute Gasteiger partial charge is 0.276 e. The predicted octanol–water partition coefficient (Wildman–Crippen LogP) is 3.90. The molecule has 3 heterocycles. The zero-order chi connectivity index (χ0) is 18.9. The molecule has 140 valence electrons. The van der Waals surface area contributed by atoms with Crippen LogP contribution in [0.4, 0.5) is 0 Å². The number of piperidine rings is 1. The Kier molecular flexibility index (Phi) is 4.37. The van der Waals surface area contributed by atoms with Gasteiger partial charge in [-0.3, -0.25) is 4.79 Å². The van der Waals surface area contributed by atoms with E-state index in [1.165, 1.54) is 14.5 Å². The summed E-state index contributed by atoms with van der Waals surface area (Å²) in [5.74, 6) is 0.367. The van der Waals surface area contributed by atoms with Crippen molar-refractivity contribution in [2.75, 3.05) is 13.1 Å². The minimum Gasteiger partial charge on any atom is -0.337 e. The van der Waals surface area contributed by atoms with Gasteiger partial charge < -0.3 is 4.90 Å². The number of likely N-dealkylation sites (tertiary alicyclic amines) is 1. The lowest BCUT2D eigenvalue weighted by Gasteiger charge is -2.30. The summed E-state index contributed by atoms with van der Waals surface area (Å²) in [5, 5.41) is 9.79. The van der Waals surface area contributed by atoms with Gasteiger partial charge in [-0.25, -0.2) is 4.98 Å². The molecule has 0 saturated carbocycles. The average molecular weight is 389 g/mol. The number of hydrogen-bond acceptors (Lipinski definition) is 5. The lowest BCUT2D eigenvalue weighted by Crippen LogP contribution is -2.38. The fraction of sp³-hybridized carbons (Fsp3) is 0.238. The molecule has 4 aromatic rings. The molecule has 1 fully saturated rings. The van der Waals surface area contributed by atoms with Gasteiger partial charge in [0.2, 0.25) is 0 Å². The number of benzene rings is 2. The Morgan fingerprint density at radius 1 is 1.00 bits per heavy atom. The van der Waals surface area contributed by atoms with Gasteiger partial charge in [0.15, 0.2) is 5.69 Å². The van der Waals surface area contributed by atoms with E-state index in [1.807, 2.05) is 47.4 Å². The lowest BCUT2D eigenvalue weighted by atomic mass is 9.97. The summed E-state index contributed by atoms with van der Waals surface area (Å²) in [6.45, 7) is 1.44. The van der Waals surface area contributed by atoms with E-state index >= 15 is 0 Å². The topological polar surface area (TPSA) is 63.9 Å². The summed E-state index contributed by atoms with van der Waals surface area (Å²) in [7, 11) is 0. The van der Waals surface area contributed by atoms with Crippen LogP contribution in [0.1, 0.15) is 34.3 Å². The summed E-state index contributed by atoms with van der Waals surface area (Å²) in [4.78, 5) is 21.0. The average Bonchev–Trinajstić information content (AvgIpc) is 3.41. The number of thiazole rings is 1. The van der Waals surface area contributed by atoms with Gasteiger partial charge in [0.1, 0.15) is 0 Å². The van der Waals surface area contributed by atoms with Crippen molar-refractivity contribution < 1.29 is 4.79 Å². The normalized spacial score (nSPS) is 15.2. The van der Waals surface area contributed by atoms with Crippen LogP contribution < -0.4 is 0 Å². The van der Waals surface area contributed by atoms with Gasteiger partial charge in [-0.05, 0) is 37.1 Å². The van der Waals surface area contributed by atoms with E-state index in [0.29, 0.717) is 11.6 Å². The number of carbonyl (C=O) groups is 1. The number of rotatable bonds is 3. The maximum atomic E-state index is 12.8. The quantitative estimate of drug-likeness (QED) is 0.533. The van der Waals surface area contributed by atoms with Crippen LogP contribution in [-0.2, 0) is 0 Å². The number of nitrogens with zero attached hydrogens (tertiary/aromatic N) is 5. The van der Waals surface area contributed by atoms with Crippen molar-refractivity contribution in [3.8, 4) is 5.69 Å². The maximum absolute atomic E-state index is 12.8. The molecule has 2 aromatic carbocycles. The molecule has 0 spiro atoms. The molecular formula is C21H19N5OS. The summed E-state index contributed by atoms with van der Waals surface area (Å²) in [6.07, 6.45) is 3.41. The van der Waals surface area contributed by atoms with Crippen LogP contribution >= 0.6 is 11.3 Å². The zero-order valence-corrected chi connectivity index (χ0v) is 16.0. The highest BCUT2D eigenvalue weighted by atomic mass is 32.1. The first-order valence-corrected chi connectivity index (χ1v) is 10.2. The molecule has 1 aliphatic heterocycles. The Morgan fingerprint density at radius 3 is 2.54 bits per heavy atom. The molecule has 1 amide bonds. The minimum absolute atomic E-state index is 0.0510. The van der Waals surface area contributed by atoms with E-state index in [2.05, 4.69) is 22.3 Å². The van der Waals surface area contributed by atoms with Gasteiger partial charge in [-0.1, -0.05) is 30.3 Å². The van der Waals surface area contributed by atoms with Crippen LogP contribution in [0.25, 0.3) is 15.9 Å². The van der Waals surface area contributed by atoms with Gasteiger partial charge in [0, 0.05) is 19.0 Å². The molecule has 0 N–H and O–H groups in total. The third-order valence-corrected chi connectivity index (χ3v) is 6.34. The van der Waals surface area contributed by atoms with Crippen LogP contribution in [0.2, 0.25) is 0 Å². The van der Waals surface area contributed by atoms with E-state index in [1.54, 1.807) is 17.5 Å². The Morgan fingerprint density at radius 2 is 1.75 bits per heavy atom. The van der Waals surface area contributed by atoms with Crippen molar-refractivity contribution in [2.24, 2.45) is 0 Å². The van der Waals surface area contributed by atoms with Crippen molar-refractivity contribution in [3.05, 3.63) is 71.5 Å². The third-order valence-electron chi connectivity index (χ3n) is 5.14. The Labute approximate surface area is 166 Å². The molecule has 0 unspecified atom stereocenters. The second-order valence-corrected chi connectivity index (χ2v) is 8.00. The Bertz CT molecular complexity index is 1080. The van der Waals surface area contributed by atoms with E-state index in [0.717, 1.165) is 37.1 Å². The van der Waals surface area contributed by atoms with Gasteiger partial charge in [-0.2, -0.15) is 9.90 Å². The van der Waals surface area contributed by atoms with E-state index in [-0.39, 0.29) is 5.91 Å². The van der Waals surface area contributed by atoms with E-state index in [4.69, 9.17) is 4.98 Å². The van der Waals surface area contributed by atoms with Gasteiger partial charge in [0.05, 0.1) is 27.1 Å². The fourth-order valence-corrected chi connectivity index (χ4v) is 4.74. The third kappa shape index (κ3) is 3.18. The number of para-hydroxylation sites is 2. The SMILES string of the molecule is O=C(c1cnn(-c2ccccc2)n1)N1CCC(c2nc3ccccc3s2)CC1. The Hall–Kier alpha value is -3.06. The van der Waals surface area contributed by atoms with Gasteiger partial charge in [0.25, 0.3) is 5.91 Å². The number of aromatic nitrogens is 4. The maximum Gasteiger partial charge on any atom is 0.276 e. The highest BCUT2D eigenvalue weighted by Crippen LogP contribution is 2.34. The fourth-order valence-electron chi connectivity index (χ4n) is 3.60. The standard InChI is InChI=1S/C21H19N5OS/c27-21(18-14-22-26(24-18)16-6-2-1-3-7-16)25-12-10-15(11-13-25)20-23-17-8-4-5-9-19(17)28-20/h1-9,14-15H,10-13H2. The second-order valence-electron chi connectivity index (χ2n) is 6.94. The molecule has 0 bridgehead atoms. The molecule has 6 nitrogen and oxygen atoms in total. The number of fused-ring (bicyclic) bond motifs is 1. The highest BCUT2D eigenvalue weighted by Gasteiger charge is 2.27. The van der Waals surface area contributed by atoms with Crippen molar-refractivity contribution in [2.45, 2.75) is 18.8 Å². The van der Waals surface area contributed by atoms with Crippen molar-refractivity contribution in [1.29, 1.82) is 0 Å². The van der Waals surface area contributed by atoms with Crippen LogP contribution in [0.3, 0.4) is 0 Å². The van der Waals surface area contributed by atoms with Crippen molar-refractivity contribution in [3.63, 3.8) is 0 Å². The monoisotopic (exact) mass is 389 g/mol. The molecule has 0 radical (unpaired) electrons. The lowest BCUT2D eigenvalue weighted by molar-refractivity contribution is 0.0706. The molecular weight excluding hydrogens is 370 g/mol. The first kappa shape index (κ1) is 17.1. The summed E-state index contributed by atoms with van der Waals surface area (Å²) < 4.78 is 1.23. The molecule has 0 aliphatic carbocycles. The molecule has 28 heavy (non-hydrogen) atoms. The first-order valence-electron chi connectivity index (χ1n) is 9.40. The molecule has 1 saturated heterocycles. The molecule has 5 rings (SSSR count). The van der Waals surface area contributed by atoms with Crippen LogP contribution in [0.15, 0.2) is 60.8 Å². The molecule has 0 atom stereocenters. The summed E-state index contributed by atoms with van der Waals surface area (Å²) in [6, 6.07) is 17.9. The van der Waals surface area contributed by atoms with E-state index in [9.17, 15) is 4.79 Å². The molecule has 7 heteroatoms. The highest BCUT2D eigenvalue weighted by molar-refractivity contribution is 7.18. The van der Waals surface area contributed by atoms with Crippen molar-refractivity contribution >= 4 is 27.5 Å². The molecule has 2 aromatic heterocycles. The minimum atomic E-state index is -0.0510. The van der Waals surface area contributed by atoms with Gasteiger partial charge >= 0.3 is 0 Å². The van der Waals surface area contributed by atoms with Crippen LogP contribution in [0, 0.1) is 0 Å². The number of amides is 1. The van der Waals surface area contributed by atoms with Crippen LogP contribution in [-0.4, -0.2) is 43.9 Å². The Balaban J connectivity index is 1.26.